The molecule has 1 aliphatic carbocycles. The fourth-order valence-electron chi connectivity index (χ4n) is 1.62. The zero-order valence-corrected chi connectivity index (χ0v) is 6.22. The van der Waals surface area contributed by atoms with E-state index in [4.69, 9.17) is 0 Å². The molecule has 0 aliphatic heterocycles. The van der Waals surface area contributed by atoms with E-state index in [1.54, 1.807) is 5.56 Å². The Morgan fingerprint density at radius 1 is 1.20 bits per heavy atom. The summed E-state index contributed by atoms with van der Waals surface area (Å²) in [4.78, 5) is 0. The van der Waals surface area contributed by atoms with Crippen molar-refractivity contribution in [3.05, 3.63) is 41.3 Å². The van der Waals surface area contributed by atoms with Crippen molar-refractivity contribution in [2.45, 2.75) is 19.8 Å². The van der Waals surface area contributed by atoms with Crippen molar-refractivity contribution in [1.82, 2.24) is 0 Å². The third kappa shape index (κ3) is 0.756. The molecule has 0 aromatic heterocycles. The van der Waals surface area contributed by atoms with Crippen molar-refractivity contribution in [1.29, 1.82) is 0 Å². The maximum Gasteiger partial charge on any atom is -0.0239 e. The van der Waals surface area contributed by atoms with E-state index in [0.717, 1.165) is 0 Å². The van der Waals surface area contributed by atoms with E-state index in [9.17, 15) is 0 Å². The van der Waals surface area contributed by atoms with Gasteiger partial charge >= 0.3 is 0 Å². The van der Waals surface area contributed by atoms with Gasteiger partial charge in [-0.3, -0.25) is 0 Å². The van der Waals surface area contributed by atoms with Crippen molar-refractivity contribution in [2.75, 3.05) is 0 Å². The zero-order valence-electron chi connectivity index (χ0n) is 6.22. The van der Waals surface area contributed by atoms with Gasteiger partial charge in [-0.1, -0.05) is 18.2 Å². The third-order valence-corrected chi connectivity index (χ3v) is 2.22. The van der Waals surface area contributed by atoms with E-state index in [-0.39, 0.29) is 0 Å². The van der Waals surface area contributed by atoms with Crippen LogP contribution < -0.4 is 0 Å². The molecule has 0 amide bonds. The van der Waals surface area contributed by atoms with E-state index in [1.807, 2.05) is 0 Å². The minimum atomic E-state index is 1.18. The van der Waals surface area contributed by atoms with E-state index < -0.39 is 0 Å². The minimum absolute atomic E-state index is 1.18. The number of aryl methyl sites for hydroxylation is 1. The van der Waals surface area contributed by atoms with Gasteiger partial charge in [0.05, 0.1) is 0 Å². The maximum absolute atomic E-state index is 2.34. The van der Waals surface area contributed by atoms with Crippen LogP contribution in [0.1, 0.15) is 16.7 Å². The molecule has 0 heteroatoms. The summed E-state index contributed by atoms with van der Waals surface area (Å²) in [6.07, 6.45) is 4.71. The molecule has 0 N–H and O–H groups in total. The lowest BCUT2D eigenvalue weighted by molar-refractivity contribution is 1.16. The SMILES string of the molecule is Cc1cccc2c1C[CH]C2. The number of hydrogen-bond donors (Lipinski definition) is 0. The van der Waals surface area contributed by atoms with Gasteiger partial charge in [0, 0.05) is 0 Å². The fraction of sp³-hybridized carbons (Fsp3) is 0.300. The molecule has 0 saturated carbocycles. The number of benzene rings is 1. The molecular weight excluding hydrogens is 120 g/mol. The smallest absolute Gasteiger partial charge is 0.0239 e. The van der Waals surface area contributed by atoms with Gasteiger partial charge < -0.3 is 0 Å². The summed E-state index contributed by atoms with van der Waals surface area (Å²) >= 11 is 0. The molecule has 51 valence electrons. The highest BCUT2D eigenvalue weighted by atomic mass is 14.2. The Hall–Kier alpha value is -0.780. The van der Waals surface area contributed by atoms with E-state index in [1.165, 1.54) is 24.0 Å². The predicted molar refractivity (Wildman–Crippen MR) is 42.9 cm³/mol. The second kappa shape index (κ2) is 2.12. The molecule has 0 bridgehead atoms. The standard InChI is InChI=1S/C10H11/c1-8-4-2-5-9-6-3-7-10(8)9/h2-5H,6-7H2,1H3. The molecule has 2 rings (SSSR count). The highest BCUT2D eigenvalue weighted by Crippen LogP contribution is 2.23. The van der Waals surface area contributed by atoms with Gasteiger partial charge in [0.15, 0.2) is 0 Å². The average molecular weight is 131 g/mol. The van der Waals surface area contributed by atoms with Crippen molar-refractivity contribution in [2.24, 2.45) is 0 Å². The second-order valence-electron chi connectivity index (χ2n) is 2.91. The maximum atomic E-state index is 2.34. The Kier molecular flexibility index (Phi) is 1.26. The summed E-state index contributed by atoms with van der Waals surface area (Å²) in [7, 11) is 0. The van der Waals surface area contributed by atoms with Crippen LogP contribution in [0.15, 0.2) is 18.2 Å². The molecule has 0 unspecified atom stereocenters. The summed E-state index contributed by atoms with van der Waals surface area (Å²) in [5, 5.41) is 0. The molecule has 0 atom stereocenters. The largest absolute Gasteiger partial charge is 0.0617 e. The molecule has 1 aromatic rings. The van der Waals surface area contributed by atoms with Crippen LogP contribution in [0, 0.1) is 13.3 Å². The van der Waals surface area contributed by atoms with Crippen LogP contribution in [0.2, 0.25) is 0 Å². The Morgan fingerprint density at radius 3 is 2.90 bits per heavy atom. The van der Waals surface area contributed by atoms with Gasteiger partial charge in [-0.05, 0) is 42.9 Å². The van der Waals surface area contributed by atoms with Crippen molar-refractivity contribution in [3.63, 3.8) is 0 Å². The molecule has 10 heavy (non-hydrogen) atoms. The highest BCUT2D eigenvalue weighted by Gasteiger charge is 2.11. The van der Waals surface area contributed by atoms with E-state index in [0.29, 0.717) is 0 Å². The van der Waals surface area contributed by atoms with Crippen LogP contribution in [0.5, 0.6) is 0 Å². The summed E-state index contributed by atoms with van der Waals surface area (Å²) in [6.45, 7) is 2.19. The summed E-state index contributed by atoms with van der Waals surface area (Å²) in [6, 6.07) is 6.57. The Bertz CT molecular complexity index is 248. The van der Waals surface area contributed by atoms with Gasteiger partial charge in [0.25, 0.3) is 0 Å². The van der Waals surface area contributed by atoms with Gasteiger partial charge in [-0.25, -0.2) is 0 Å². The van der Waals surface area contributed by atoms with Crippen LogP contribution in [0.4, 0.5) is 0 Å². The van der Waals surface area contributed by atoms with Crippen LogP contribution in [-0.4, -0.2) is 0 Å². The van der Waals surface area contributed by atoms with Gasteiger partial charge in [0.2, 0.25) is 0 Å². The van der Waals surface area contributed by atoms with Crippen molar-refractivity contribution >= 4 is 0 Å². The summed E-state index contributed by atoms with van der Waals surface area (Å²) in [5.74, 6) is 0. The quantitative estimate of drug-likeness (QED) is 0.506. The lowest BCUT2D eigenvalue weighted by atomic mass is 10.1. The topological polar surface area (TPSA) is 0 Å². The highest BCUT2D eigenvalue weighted by molar-refractivity contribution is 5.40. The van der Waals surface area contributed by atoms with Crippen molar-refractivity contribution in [3.8, 4) is 0 Å². The van der Waals surface area contributed by atoms with Gasteiger partial charge in [-0.2, -0.15) is 0 Å². The van der Waals surface area contributed by atoms with Crippen molar-refractivity contribution < 1.29 is 0 Å². The van der Waals surface area contributed by atoms with Crippen LogP contribution in [-0.2, 0) is 12.8 Å². The number of fused-ring (bicyclic) bond motifs is 1. The first-order valence-corrected chi connectivity index (χ1v) is 3.77. The van der Waals surface area contributed by atoms with Crippen LogP contribution >= 0.6 is 0 Å². The first-order valence-electron chi connectivity index (χ1n) is 3.77. The molecule has 1 radical (unpaired) electrons. The zero-order chi connectivity index (χ0) is 6.97. The molecule has 0 saturated heterocycles. The first kappa shape index (κ1) is 5.96. The Balaban J connectivity index is 2.59. The molecule has 0 heterocycles. The Morgan fingerprint density at radius 2 is 2.10 bits per heavy atom. The van der Waals surface area contributed by atoms with E-state index >= 15 is 0 Å². The van der Waals surface area contributed by atoms with Crippen LogP contribution in [0.25, 0.3) is 0 Å². The lowest BCUT2D eigenvalue weighted by Gasteiger charge is -2.00. The molecular formula is C10H11. The molecule has 1 aliphatic rings. The first-order chi connectivity index (χ1) is 4.88. The predicted octanol–water partition coefficient (Wildman–Crippen LogP) is 2.30. The monoisotopic (exact) mass is 131 g/mol. The Labute approximate surface area is 61.9 Å². The normalized spacial score (nSPS) is 15.3. The minimum Gasteiger partial charge on any atom is -0.0617 e. The van der Waals surface area contributed by atoms with Crippen LogP contribution in [0.3, 0.4) is 0 Å². The van der Waals surface area contributed by atoms with E-state index in [2.05, 4.69) is 31.5 Å². The third-order valence-electron chi connectivity index (χ3n) is 2.22. The fourth-order valence-corrected chi connectivity index (χ4v) is 1.62. The number of rotatable bonds is 0. The lowest BCUT2D eigenvalue weighted by Crippen LogP contribution is -1.84. The molecule has 0 spiro atoms. The van der Waals surface area contributed by atoms with Gasteiger partial charge in [0.1, 0.15) is 0 Å². The molecule has 1 aromatic carbocycles. The second-order valence-corrected chi connectivity index (χ2v) is 2.91. The average Bonchev–Trinajstić information content (AvgIpc) is 2.36. The molecule has 0 fully saturated rings. The number of hydrogen-bond acceptors (Lipinski definition) is 0. The summed E-state index contributed by atoms with van der Waals surface area (Å²) in [5.41, 5.74) is 4.54. The van der Waals surface area contributed by atoms with Gasteiger partial charge in [-0.15, -0.1) is 0 Å². The molecule has 0 nitrogen and oxygen atoms in total. The summed E-state index contributed by atoms with van der Waals surface area (Å²) < 4.78 is 0.